The SMILES string of the molecule is CC(CCCCOc1cc(-c2ccccc2)cc(-c2ccccc2)n1)CNC(=O)C(CC(=O)OC(C)(C)C(C)C)NC=O. The number of unbranched alkanes of at least 4 members (excludes halogenated alkanes) is 1. The van der Waals surface area contributed by atoms with E-state index in [0.29, 0.717) is 25.4 Å². The molecule has 43 heavy (non-hydrogen) atoms. The van der Waals surface area contributed by atoms with Crippen LogP contribution in [-0.2, 0) is 19.1 Å². The van der Waals surface area contributed by atoms with Crippen LogP contribution in [0.3, 0.4) is 0 Å². The Labute approximate surface area is 255 Å². The summed E-state index contributed by atoms with van der Waals surface area (Å²) in [5.74, 6) is -0.0287. The molecule has 2 amide bonds. The largest absolute Gasteiger partial charge is 0.478 e. The van der Waals surface area contributed by atoms with Gasteiger partial charge in [-0.2, -0.15) is 0 Å². The molecule has 0 radical (unpaired) electrons. The molecule has 2 unspecified atom stereocenters. The molecule has 1 heterocycles. The van der Waals surface area contributed by atoms with Gasteiger partial charge in [-0.05, 0) is 62.1 Å². The van der Waals surface area contributed by atoms with Crippen molar-refractivity contribution < 1.29 is 23.9 Å². The Kier molecular flexibility index (Phi) is 12.7. The number of carbonyl (C=O) groups excluding carboxylic acids is 3. The number of hydrogen-bond donors (Lipinski definition) is 2. The minimum Gasteiger partial charge on any atom is -0.478 e. The first-order valence-corrected chi connectivity index (χ1v) is 15.0. The third-order valence-corrected chi connectivity index (χ3v) is 7.67. The van der Waals surface area contributed by atoms with E-state index >= 15 is 0 Å². The first-order chi connectivity index (χ1) is 20.6. The summed E-state index contributed by atoms with van der Waals surface area (Å²) in [6, 6.07) is 23.3. The molecule has 3 aromatic rings. The smallest absolute Gasteiger partial charge is 0.308 e. The second-order valence-corrected chi connectivity index (χ2v) is 11.8. The summed E-state index contributed by atoms with van der Waals surface area (Å²) in [5, 5.41) is 5.30. The molecule has 0 aliphatic rings. The second-order valence-electron chi connectivity index (χ2n) is 11.8. The highest BCUT2D eigenvalue weighted by Gasteiger charge is 2.30. The summed E-state index contributed by atoms with van der Waals surface area (Å²) in [6.45, 7) is 10.6. The number of aromatic nitrogens is 1. The topological polar surface area (TPSA) is 107 Å². The lowest BCUT2D eigenvalue weighted by molar-refractivity contribution is -0.162. The normalized spacial score (nSPS) is 12.7. The first-order valence-electron chi connectivity index (χ1n) is 15.0. The number of benzene rings is 2. The molecule has 0 bridgehead atoms. The van der Waals surface area contributed by atoms with E-state index in [2.05, 4.69) is 35.8 Å². The van der Waals surface area contributed by atoms with E-state index in [1.54, 1.807) is 0 Å². The van der Waals surface area contributed by atoms with E-state index < -0.39 is 23.5 Å². The summed E-state index contributed by atoms with van der Waals surface area (Å²) < 4.78 is 11.6. The van der Waals surface area contributed by atoms with E-state index in [-0.39, 0.29) is 18.3 Å². The molecule has 8 nitrogen and oxygen atoms in total. The fourth-order valence-corrected chi connectivity index (χ4v) is 4.33. The average molecular weight is 588 g/mol. The number of esters is 1. The average Bonchev–Trinajstić information content (AvgIpc) is 3.00. The molecular formula is C35H45N3O5. The highest BCUT2D eigenvalue weighted by molar-refractivity contribution is 5.88. The van der Waals surface area contributed by atoms with Gasteiger partial charge in [0.1, 0.15) is 11.6 Å². The molecule has 0 saturated carbocycles. The Morgan fingerprint density at radius 1 is 0.907 bits per heavy atom. The van der Waals surface area contributed by atoms with Crippen molar-refractivity contribution in [1.29, 1.82) is 0 Å². The van der Waals surface area contributed by atoms with Crippen LogP contribution in [0, 0.1) is 11.8 Å². The predicted molar refractivity (Wildman–Crippen MR) is 169 cm³/mol. The van der Waals surface area contributed by atoms with Crippen molar-refractivity contribution in [2.45, 2.75) is 71.9 Å². The summed E-state index contributed by atoms with van der Waals surface area (Å²) in [7, 11) is 0. The van der Waals surface area contributed by atoms with Crippen LogP contribution in [0.25, 0.3) is 22.4 Å². The first kappa shape index (κ1) is 33.3. The Morgan fingerprint density at radius 3 is 2.19 bits per heavy atom. The van der Waals surface area contributed by atoms with Crippen LogP contribution >= 0.6 is 0 Å². The maximum Gasteiger partial charge on any atom is 0.308 e. The summed E-state index contributed by atoms with van der Waals surface area (Å²) in [6.07, 6.45) is 2.84. The maximum absolute atomic E-state index is 12.7. The van der Waals surface area contributed by atoms with Crippen LogP contribution in [0.4, 0.5) is 0 Å². The Morgan fingerprint density at radius 2 is 1.56 bits per heavy atom. The molecule has 8 heteroatoms. The molecule has 1 aromatic heterocycles. The van der Waals surface area contributed by atoms with Gasteiger partial charge in [-0.25, -0.2) is 4.98 Å². The maximum atomic E-state index is 12.7. The highest BCUT2D eigenvalue weighted by atomic mass is 16.6. The lowest BCUT2D eigenvalue weighted by Crippen LogP contribution is -2.47. The predicted octanol–water partition coefficient (Wildman–Crippen LogP) is 6.20. The Bertz CT molecular complexity index is 1250. The quantitative estimate of drug-likeness (QED) is 0.111. The third-order valence-electron chi connectivity index (χ3n) is 7.67. The number of amides is 2. The molecule has 2 aromatic carbocycles. The van der Waals surface area contributed by atoms with Gasteiger partial charge in [0.2, 0.25) is 18.2 Å². The molecule has 230 valence electrons. The standard InChI is InChI=1S/C35H45N3O5/c1-25(2)35(4,5)43-33(40)22-31(37-24-39)34(41)36-23-26(3)14-12-13-19-42-32-21-29(27-15-8-6-9-16-27)20-30(38-32)28-17-10-7-11-18-28/h6-11,15-18,20-21,24-26,31H,12-14,19,22-23H2,1-5H3,(H,36,41)(H,37,39). The number of ether oxygens (including phenoxy) is 2. The van der Waals surface area contributed by atoms with Crippen molar-refractivity contribution in [3.63, 3.8) is 0 Å². The minimum atomic E-state index is -0.978. The third kappa shape index (κ3) is 10.9. The van der Waals surface area contributed by atoms with Gasteiger partial charge in [-0.1, -0.05) is 81.4 Å². The Hall–Kier alpha value is -4.20. The molecule has 2 atom stereocenters. The van der Waals surface area contributed by atoms with Gasteiger partial charge in [0.05, 0.1) is 18.7 Å². The van der Waals surface area contributed by atoms with E-state index in [1.807, 2.05) is 82.3 Å². The molecule has 0 saturated heterocycles. The van der Waals surface area contributed by atoms with Gasteiger partial charge in [0.25, 0.3) is 0 Å². The summed E-state index contributed by atoms with van der Waals surface area (Å²) in [4.78, 5) is 40.9. The number of nitrogens with zero attached hydrogens (tertiary/aromatic N) is 1. The number of rotatable bonds is 17. The van der Waals surface area contributed by atoms with E-state index in [1.165, 1.54) is 0 Å². The number of hydrogen-bond acceptors (Lipinski definition) is 6. The van der Waals surface area contributed by atoms with Gasteiger partial charge in [0, 0.05) is 18.2 Å². The molecule has 2 N–H and O–H groups in total. The molecule has 0 aliphatic carbocycles. The highest BCUT2D eigenvalue weighted by Crippen LogP contribution is 2.29. The lowest BCUT2D eigenvalue weighted by atomic mass is 9.94. The summed E-state index contributed by atoms with van der Waals surface area (Å²) in [5.41, 5.74) is 3.38. The van der Waals surface area contributed by atoms with Gasteiger partial charge in [-0.3, -0.25) is 14.4 Å². The van der Waals surface area contributed by atoms with Crippen molar-refractivity contribution in [3.05, 3.63) is 72.8 Å². The van der Waals surface area contributed by atoms with Crippen LogP contribution < -0.4 is 15.4 Å². The Balaban J connectivity index is 1.46. The van der Waals surface area contributed by atoms with Gasteiger partial charge < -0.3 is 20.1 Å². The van der Waals surface area contributed by atoms with Crippen LogP contribution in [-0.4, -0.2) is 48.1 Å². The van der Waals surface area contributed by atoms with Gasteiger partial charge in [0.15, 0.2) is 0 Å². The zero-order valence-electron chi connectivity index (χ0n) is 26.0. The van der Waals surface area contributed by atoms with Crippen LogP contribution in [0.15, 0.2) is 72.8 Å². The fraction of sp³-hybridized carbons (Fsp3) is 0.429. The van der Waals surface area contributed by atoms with Gasteiger partial charge >= 0.3 is 5.97 Å². The van der Waals surface area contributed by atoms with Crippen molar-refractivity contribution in [3.8, 4) is 28.3 Å². The van der Waals surface area contributed by atoms with Crippen LogP contribution in [0.2, 0.25) is 0 Å². The van der Waals surface area contributed by atoms with Crippen molar-refractivity contribution in [2.75, 3.05) is 13.2 Å². The molecular weight excluding hydrogens is 542 g/mol. The second kappa shape index (κ2) is 16.4. The van der Waals surface area contributed by atoms with Crippen LogP contribution in [0.5, 0.6) is 5.88 Å². The fourth-order valence-electron chi connectivity index (χ4n) is 4.33. The number of carbonyl (C=O) groups is 3. The van der Waals surface area contributed by atoms with Crippen molar-refractivity contribution >= 4 is 18.3 Å². The van der Waals surface area contributed by atoms with Crippen molar-refractivity contribution in [1.82, 2.24) is 15.6 Å². The minimum absolute atomic E-state index is 0.108. The molecule has 3 rings (SSSR count). The molecule has 0 fully saturated rings. The number of pyridine rings is 1. The monoisotopic (exact) mass is 587 g/mol. The summed E-state index contributed by atoms with van der Waals surface area (Å²) >= 11 is 0. The zero-order chi connectivity index (χ0) is 31.2. The number of nitrogens with one attached hydrogen (secondary N) is 2. The van der Waals surface area contributed by atoms with Gasteiger partial charge in [-0.15, -0.1) is 0 Å². The van der Waals surface area contributed by atoms with E-state index in [4.69, 9.17) is 14.5 Å². The molecule has 0 spiro atoms. The van der Waals surface area contributed by atoms with Crippen molar-refractivity contribution in [2.24, 2.45) is 11.8 Å². The van der Waals surface area contributed by atoms with E-state index in [0.717, 1.165) is 41.6 Å². The van der Waals surface area contributed by atoms with Crippen LogP contribution in [0.1, 0.15) is 60.3 Å². The van der Waals surface area contributed by atoms with E-state index in [9.17, 15) is 14.4 Å². The molecule has 0 aliphatic heterocycles. The lowest BCUT2D eigenvalue weighted by Gasteiger charge is -2.29. The zero-order valence-corrected chi connectivity index (χ0v) is 26.0.